The molecule has 8 heteroatoms. The number of carbonyl (C=O) groups excluding carboxylic acids is 1. The number of amides is 1. The Kier molecular flexibility index (Phi) is 5.00. The highest BCUT2D eigenvalue weighted by Crippen LogP contribution is 2.21. The van der Waals surface area contributed by atoms with Gasteiger partial charge in [-0.15, -0.1) is 11.3 Å². The summed E-state index contributed by atoms with van der Waals surface area (Å²) in [7, 11) is 0. The Morgan fingerprint density at radius 2 is 1.84 bits per heavy atom. The first-order valence-corrected chi connectivity index (χ1v) is 8.17. The predicted octanol–water partition coefficient (Wildman–Crippen LogP) is 2.92. The molecular formula is C17H13N3O4S. The van der Waals surface area contributed by atoms with Crippen molar-refractivity contribution in [3.8, 4) is 17.1 Å². The molecule has 3 aromatic rings. The topological polar surface area (TPSA) is 101 Å². The summed E-state index contributed by atoms with van der Waals surface area (Å²) in [6.45, 7) is -0.226. The normalized spacial score (nSPS) is 10.2. The third kappa shape index (κ3) is 4.18. The lowest BCUT2D eigenvalue weighted by molar-refractivity contribution is -0.118. The summed E-state index contributed by atoms with van der Waals surface area (Å²) in [5.74, 6) is -0.406. The van der Waals surface area contributed by atoms with Gasteiger partial charge >= 0.3 is 5.97 Å². The molecule has 0 saturated carbocycles. The van der Waals surface area contributed by atoms with Crippen LogP contribution in [-0.2, 0) is 4.79 Å². The van der Waals surface area contributed by atoms with Gasteiger partial charge in [-0.05, 0) is 30.3 Å². The molecule has 1 aromatic carbocycles. The van der Waals surface area contributed by atoms with Gasteiger partial charge in [0.15, 0.2) is 12.4 Å². The van der Waals surface area contributed by atoms with Crippen LogP contribution in [0.25, 0.3) is 11.4 Å². The molecule has 0 bridgehead atoms. The molecule has 3 rings (SSSR count). The number of hydrogen-bond donors (Lipinski definition) is 2. The van der Waals surface area contributed by atoms with E-state index in [2.05, 4.69) is 15.3 Å². The van der Waals surface area contributed by atoms with Gasteiger partial charge in [0.25, 0.3) is 5.91 Å². The third-order valence-electron chi connectivity index (χ3n) is 3.21. The molecule has 2 aromatic heterocycles. The van der Waals surface area contributed by atoms with Crippen molar-refractivity contribution in [2.24, 2.45) is 0 Å². The van der Waals surface area contributed by atoms with Crippen molar-refractivity contribution in [2.45, 2.75) is 0 Å². The molecule has 0 spiro atoms. The molecule has 2 N–H and O–H groups in total. The van der Waals surface area contributed by atoms with Crippen LogP contribution in [0.15, 0.2) is 53.5 Å². The molecule has 0 saturated heterocycles. The minimum atomic E-state index is -1.09. The molecule has 0 aliphatic carbocycles. The van der Waals surface area contributed by atoms with E-state index in [0.29, 0.717) is 11.6 Å². The van der Waals surface area contributed by atoms with Crippen molar-refractivity contribution in [1.82, 2.24) is 9.97 Å². The van der Waals surface area contributed by atoms with Crippen molar-refractivity contribution < 1.29 is 19.4 Å². The summed E-state index contributed by atoms with van der Waals surface area (Å²) in [6, 6.07) is 8.76. The number of anilines is 1. The maximum atomic E-state index is 11.9. The zero-order valence-corrected chi connectivity index (χ0v) is 13.7. The molecule has 25 heavy (non-hydrogen) atoms. The van der Waals surface area contributed by atoms with Gasteiger partial charge in [0.1, 0.15) is 5.75 Å². The Hall–Kier alpha value is -3.26. The van der Waals surface area contributed by atoms with Gasteiger partial charge in [-0.1, -0.05) is 0 Å². The van der Waals surface area contributed by atoms with Gasteiger partial charge in [-0.3, -0.25) is 4.79 Å². The van der Waals surface area contributed by atoms with Crippen molar-refractivity contribution >= 4 is 28.9 Å². The number of carboxylic acid groups (broad SMARTS) is 1. The first-order valence-electron chi connectivity index (χ1n) is 7.23. The minimum absolute atomic E-state index is 0.0607. The highest BCUT2D eigenvalue weighted by molar-refractivity contribution is 7.08. The molecule has 0 fully saturated rings. The van der Waals surface area contributed by atoms with Crippen LogP contribution in [0, 0.1) is 0 Å². The lowest BCUT2D eigenvalue weighted by Gasteiger charge is -2.08. The molecule has 0 aliphatic rings. The number of benzene rings is 1. The Morgan fingerprint density at radius 1 is 1.12 bits per heavy atom. The van der Waals surface area contributed by atoms with Gasteiger partial charge in [0.05, 0.1) is 11.3 Å². The number of nitrogens with one attached hydrogen (secondary N) is 1. The zero-order valence-electron chi connectivity index (χ0n) is 12.9. The van der Waals surface area contributed by atoms with Crippen molar-refractivity contribution in [3.05, 3.63) is 59.0 Å². The summed E-state index contributed by atoms with van der Waals surface area (Å²) >= 11 is 1.20. The Labute approximate surface area is 147 Å². The number of rotatable bonds is 6. The number of ether oxygens (including phenoxy) is 1. The van der Waals surface area contributed by atoms with Crippen LogP contribution < -0.4 is 10.1 Å². The van der Waals surface area contributed by atoms with Crippen molar-refractivity contribution in [2.75, 3.05) is 11.9 Å². The van der Waals surface area contributed by atoms with E-state index in [1.54, 1.807) is 48.1 Å². The number of thiophene rings is 1. The number of nitrogens with zero attached hydrogens (tertiary/aromatic N) is 2. The van der Waals surface area contributed by atoms with Crippen LogP contribution in [0.1, 0.15) is 10.4 Å². The number of carboxylic acids is 1. The third-order valence-corrected chi connectivity index (χ3v) is 3.96. The lowest BCUT2D eigenvalue weighted by Crippen LogP contribution is -2.21. The fourth-order valence-electron chi connectivity index (χ4n) is 2.04. The second-order valence-corrected chi connectivity index (χ2v) is 5.68. The number of aromatic nitrogens is 2. The van der Waals surface area contributed by atoms with Gasteiger partial charge in [0, 0.05) is 28.7 Å². The van der Waals surface area contributed by atoms with E-state index >= 15 is 0 Å². The van der Waals surface area contributed by atoms with E-state index in [1.165, 1.54) is 16.7 Å². The van der Waals surface area contributed by atoms with Crippen LogP contribution in [0.5, 0.6) is 5.75 Å². The minimum Gasteiger partial charge on any atom is -0.484 e. The van der Waals surface area contributed by atoms with Gasteiger partial charge in [-0.25, -0.2) is 14.8 Å². The largest absolute Gasteiger partial charge is 0.484 e. The fraction of sp³-hybridized carbons (Fsp3) is 0.0588. The molecule has 0 unspecified atom stereocenters. The fourth-order valence-corrected chi connectivity index (χ4v) is 2.80. The molecule has 7 nitrogen and oxygen atoms in total. The summed E-state index contributed by atoms with van der Waals surface area (Å²) < 4.78 is 5.41. The Morgan fingerprint density at radius 3 is 2.52 bits per heavy atom. The average molecular weight is 355 g/mol. The van der Waals surface area contributed by atoms with E-state index in [1.807, 2.05) is 0 Å². The smallest absolute Gasteiger partial charge is 0.338 e. The number of hydrogen-bond acceptors (Lipinski definition) is 6. The molecule has 0 radical (unpaired) electrons. The van der Waals surface area contributed by atoms with E-state index < -0.39 is 11.9 Å². The lowest BCUT2D eigenvalue weighted by atomic mass is 10.2. The Balaban J connectivity index is 1.57. The quantitative estimate of drug-likeness (QED) is 0.705. The van der Waals surface area contributed by atoms with Gasteiger partial charge in [0.2, 0.25) is 0 Å². The molecular weight excluding hydrogens is 342 g/mol. The second kappa shape index (κ2) is 7.54. The highest BCUT2D eigenvalue weighted by Gasteiger charge is 2.13. The first kappa shape index (κ1) is 16.6. The van der Waals surface area contributed by atoms with Crippen LogP contribution in [0.3, 0.4) is 0 Å². The highest BCUT2D eigenvalue weighted by atomic mass is 32.1. The van der Waals surface area contributed by atoms with Crippen LogP contribution in [0.4, 0.5) is 5.69 Å². The predicted molar refractivity (Wildman–Crippen MR) is 92.9 cm³/mol. The zero-order chi connectivity index (χ0) is 17.6. The summed E-state index contributed by atoms with van der Waals surface area (Å²) in [5.41, 5.74) is 1.16. The van der Waals surface area contributed by atoms with Crippen LogP contribution in [0.2, 0.25) is 0 Å². The van der Waals surface area contributed by atoms with E-state index in [0.717, 1.165) is 5.56 Å². The summed E-state index contributed by atoms with van der Waals surface area (Å²) in [5, 5.41) is 14.6. The number of carbonyl (C=O) groups is 2. The molecule has 2 heterocycles. The van der Waals surface area contributed by atoms with Gasteiger partial charge < -0.3 is 15.2 Å². The SMILES string of the molecule is O=C(COc1ccc(-c2ncccn2)cc1)Nc1cscc1C(=O)O. The standard InChI is InChI=1S/C17H13N3O4S/c21-15(20-14-10-25-9-13(14)17(22)23)8-24-12-4-2-11(3-5-12)16-18-6-1-7-19-16/h1-7,9-10H,8H2,(H,20,21)(H,22,23). The maximum Gasteiger partial charge on any atom is 0.338 e. The Bertz CT molecular complexity index is 878. The second-order valence-electron chi connectivity index (χ2n) is 4.94. The molecule has 126 valence electrons. The average Bonchev–Trinajstić information content (AvgIpc) is 3.09. The number of aromatic carboxylic acids is 1. The molecule has 1 amide bonds. The van der Waals surface area contributed by atoms with Crippen molar-refractivity contribution in [1.29, 1.82) is 0 Å². The molecule has 0 aliphatic heterocycles. The van der Waals surface area contributed by atoms with Gasteiger partial charge in [-0.2, -0.15) is 0 Å². The van der Waals surface area contributed by atoms with Crippen LogP contribution >= 0.6 is 11.3 Å². The maximum absolute atomic E-state index is 11.9. The monoisotopic (exact) mass is 355 g/mol. The van der Waals surface area contributed by atoms with E-state index in [4.69, 9.17) is 9.84 Å². The van der Waals surface area contributed by atoms with Crippen LogP contribution in [-0.4, -0.2) is 33.6 Å². The van der Waals surface area contributed by atoms with Crippen molar-refractivity contribution in [3.63, 3.8) is 0 Å². The van der Waals surface area contributed by atoms with E-state index in [9.17, 15) is 9.59 Å². The van der Waals surface area contributed by atoms with E-state index in [-0.39, 0.29) is 17.9 Å². The summed E-state index contributed by atoms with van der Waals surface area (Å²) in [6.07, 6.45) is 3.32. The molecule has 0 atom stereocenters. The first-order chi connectivity index (χ1) is 12.1. The summed E-state index contributed by atoms with van der Waals surface area (Å²) in [4.78, 5) is 31.2.